The van der Waals surface area contributed by atoms with Crippen LogP contribution in [0, 0.1) is 0 Å². The third-order valence-corrected chi connectivity index (χ3v) is 3.40. The Balaban J connectivity index is 2.09. The zero-order valence-corrected chi connectivity index (χ0v) is 9.99. The molecule has 0 radical (unpaired) electrons. The van der Waals surface area contributed by atoms with E-state index < -0.39 is 0 Å². The molecule has 0 aromatic rings. The first-order valence-corrected chi connectivity index (χ1v) is 5.61. The molecule has 0 aromatic carbocycles. The van der Waals surface area contributed by atoms with E-state index in [9.17, 15) is 4.79 Å². The summed E-state index contributed by atoms with van der Waals surface area (Å²) in [6, 6.07) is -0.0482. The predicted octanol–water partition coefficient (Wildman–Crippen LogP) is 0.674. The van der Waals surface area contributed by atoms with Gasteiger partial charge in [-0.25, -0.2) is 0 Å². The Morgan fingerprint density at radius 3 is 2.60 bits per heavy atom. The van der Waals surface area contributed by atoms with Gasteiger partial charge in [0.2, 0.25) is 0 Å². The Bertz CT molecular complexity index is 272. The summed E-state index contributed by atoms with van der Waals surface area (Å²) in [5, 5.41) is 0. The molecule has 4 nitrogen and oxygen atoms in total. The number of piperazine rings is 1. The van der Waals surface area contributed by atoms with E-state index in [1.807, 2.05) is 6.92 Å². The van der Waals surface area contributed by atoms with Crippen LogP contribution in [0.2, 0.25) is 0 Å². The molecule has 0 bridgehead atoms. The van der Waals surface area contributed by atoms with Crippen molar-refractivity contribution in [2.24, 2.45) is 0 Å². The third-order valence-electron chi connectivity index (χ3n) is 3.40. The van der Waals surface area contributed by atoms with Gasteiger partial charge in [0.05, 0.1) is 0 Å². The average Bonchev–Trinajstić information content (AvgIpc) is 2.41. The predicted molar refractivity (Wildman–Crippen MR) is 57.4 cm³/mol. The summed E-state index contributed by atoms with van der Waals surface area (Å²) in [6.45, 7) is 11.2. The summed E-state index contributed by atoms with van der Waals surface area (Å²) in [5.74, 6) is -0.0588. The molecule has 0 aliphatic carbocycles. The second-order valence-corrected chi connectivity index (χ2v) is 5.41. The normalized spacial score (nSPS) is 34.0. The highest BCUT2D eigenvalue weighted by molar-refractivity contribution is 5.78. The highest BCUT2D eigenvalue weighted by Crippen LogP contribution is 2.26. The van der Waals surface area contributed by atoms with Crippen molar-refractivity contribution in [3.63, 3.8) is 0 Å². The fraction of sp³-hybridized carbons (Fsp3) is 0.909. The Labute approximate surface area is 91.2 Å². The lowest BCUT2D eigenvalue weighted by molar-refractivity contribution is -0.142. The molecule has 86 valence electrons. The number of cyclic esters (lactones) is 1. The van der Waals surface area contributed by atoms with E-state index in [1.54, 1.807) is 0 Å². The van der Waals surface area contributed by atoms with E-state index in [0.29, 0.717) is 0 Å². The van der Waals surface area contributed by atoms with Gasteiger partial charge in [-0.3, -0.25) is 14.6 Å². The Morgan fingerprint density at radius 2 is 2.00 bits per heavy atom. The number of carbonyl (C=O) groups excluding carboxylic acids is 1. The van der Waals surface area contributed by atoms with Crippen LogP contribution in [0.3, 0.4) is 0 Å². The van der Waals surface area contributed by atoms with E-state index in [1.165, 1.54) is 0 Å². The molecular weight excluding hydrogens is 192 g/mol. The maximum absolute atomic E-state index is 11.6. The first-order chi connectivity index (χ1) is 6.89. The second-order valence-electron chi connectivity index (χ2n) is 5.41. The summed E-state index contributed by atoms with van der Waals surface area (Å²) >= 11 is 0. The van der Waals surface area contributed by atoms with Crippen molar-refractivity contribution in [1.29, 1.82) is 0 Å². The van der Waals surface area contributed by atoms with Gasteiger partial charge < -0.3 is 4.74 Å². The molecule has 2 aliphatic heterocycles. The molecule has 2 rings (SSSR count). The molecule has 0 aromatic heterocycles. The quantitative estimate of drug-likeness (QED) is 0.553. The maximum atomic E-state index is 11.6. The van der Waals surface area contributed by atoms with Gasteiger partial charge in [-0.05, 0) is 27.7 Å². The number of hydrogen-bond acceptors (Lipinski definition) is 4. The Morgan fingerprint density at radius 1 is 1.33 bits per heavy atom. The molecule has 2 heterocycles. The van der Waals surface area contributed by atoms with Gasteiger partial charge >= 0.3 is 5.97 Å². The molecule has 2 fully saturated rings. The van der Waals surface area contributed by atoms with Gasteiger partial charge in [0.25, 0.3) is 0 Å². The lowest BCUT2D eigenvalue weighted by Crippen LogP contribution is -2.58. The molecular formula is C11H20N2O2. The number of fused-ring (bicyclic) bond motifs is 1. The number of carbonyl (C=O) groups is 1. The van der Waals surface area contributed by atoms with Crippen molar-refractivity contribution < 1.29 is 9.53 Å². The van der Waals surface area contributed by atoms with E-state index in [0.717, 1.165) is 19.6 Å². The SMILES string of the molecule is CC1OC(=O)C2CN(C(C)(C)C)CCN12. The molecule has 0 spiro atoms. The lowest BCUT2D eigenvalue weighted by Gasteiger charge is -2.43. The van der Waals surface area contributed by atoms with Crippen LogP contribution < -0.4 is 0 Å². The van der Waals surface area contributed by atoms with Crippen molar-refractivity contribution in [3.05, 3.63) is 0 Å². The molecule has 15 heavy (non-hydrogen) atoms. The van der Waals surface area contributed by atoms with Crippen LogP contribution in [-0.2, 0) is 9.53 Å². The lowest BCUT2D eigenvalue weighted by atomic mass is 10.0. The molecule has 2 aliphatic rings. The van der Waals surface area contributed by atoms with E-state index in [2.05, 4.69) is 30.6 Å². The molecule has 0 saturated carbocycles. The van der Waals surface area contributed by atoms with Crippen molar-refractivity contribution in [1.82, 2.24) is 9.80 Å². The zero-order chi connectivity index (χ0) is 11.2. The molecule has 4 heteroatoms. The van der Waals surface area contributed by atoms with Crippen LogP contribution in [0.5, 0.6) is 0 Å². The van der Waals surface area contributed by atoms with Gasteiger partial charge in [0.15, 0.2) is 6.23 Å². The fourth-order valence-corrected chi connectivity index (χ4v) is 2.37. The number of esters is 1. The molecule has 0 amide bonds. The minimum atomic E-state index is -0.0588. The number of rotatable bonds is 0. The topological polar surface area (TPSA) is 32.8 Å². The van der Waals surface area contributed by atoms with E-state index in [-0.39, 0.29) is 23.8 Å². The van der Waals surface area contributed by atoms with Crippen LogP contribution in [0.1, 0.15) is 27.7 Å². The van der Waals surface area contributed by atoms with E-state index in [4.69, 9.17) is 4.74 Å². The zero-order valence-electron chi connectivity index (χ0n) is 9.99. The fourth-order valence-electron chi connectivity index (χ4n) is 2.37. The van der Waals surface area contributed by atoms with Gasteiger partial charge in [0.1, 0.15) is 6.04 Å². The standard InChI is InChI=1S/C11H20N2O2/c1-8-13-6-5-12(11(2,3)4)7-9(13)10(14)15-8/h8-9H,5-7H2,1-4H3. The summed E-state index contributed by atoms with van der Waals surface area (Å²) in [4.78, 5) is 16.1. The molecule has 0 N–H and O–H groups in total. The van der Waals surface area contributed by atoms with Crippen molar-refractivity contribution in [3.8, 4) is 0 Å². The smallest absolute Gasteiger partial charge is 0.326 e. The molecule has 2 unspecified atom stereocenters. The number of hydrogen-bond donors (Lipinski definition) is 0. The van der Waals surface area contributed by atoms with Gasteiger partial charge in [-0.1, -0.05) is 0 Å². The van der Waals surface area contributed by atoms with Crippen LogP contribution >= 0.6 is 0 Å². The Hall–Kier alpha value is -0.610. The first-order valence-electron chi connectivity index (χ1n) is 5.61. The highest BCUT2D eigenvalue weighted by Gasteiger charge is 2.44. The van der Waals surface area contributed by atoms with Crippen LogP contribution in [0.15, 0.2) is 0 Å². The summed E-state index contributed by atoms with van der Waals surface area (Å²) < 4.78 is 5.23. The van der Waals surface area contributed by atoms with Crippen molar-refractivity contribution in [2.75, 3.05) is 19.6 Å². The van der Waals surface area contributed by atoms with Crippen molar-refractivity contribution in [2.45, 2.75) is 45.5 Å². The van der Waals surface area contributed by atoms with E-state index >= 15 is 0 Å². The number of nitrogens with zero attached hydrogens (tertiary/aromatic N) is 2. The largest absolute Gasteiger partial charge is 0.445 e. The molecule has 2 saturated heterocycles. The minimum Gasteiger partial charge on any atom is -0.445 e. The van der Waals surface area contributed by atoms with Gasteiger partial charge in [-0.2, -0.15) is 0 Å². The van der Waals surface area contributed by atoms with Crippen LogP contribution in [0.4, 0.5) is 0 Å². The average molecular weight is 212 g/mol. The summed E-state index contributed by atoms with van der Waals surface area (Å²) in [5.41, 5.74) is 0.137. The van der Waals surface area contributed by atoms with Gasteiger partial charge in [0, 0.05) is 25.2 Å². The monoisotopic (exact) mass is 212 g/mol. The third kappa shape index (κ3) is 1.88. The summed E-state index contributed by atoms with van der Waals surface area (Å²) in [6.07, 6.45) is -0.0374. The highest BCUT2D eigenvalue weighted by atomic mass is 16.6. The second kappa shape index (κ2) is 3.46. The van der Waals surface area contributed by atoms with Gasteiger partial charge in [-0.15, -0.1) is 0 Å². The molecule has 2 atom stereocenters. The Kier molecular flexibility index (Phi) is 2.51. The minimum absolute atomic E-state index is 0.0374. The number of ether oxygens (including phenoxy) is 1. The summed E-state index contributed by atoms with van der Waals surface area (Å²) in [7, 11) is 0. The maximum Gasteiger partial charge on any atom is 0.326 e. The van der Waals surface area contributed by atoms with Crippen LogP contribution in [0.25, 0.3) is 0 Å². The first kappa shape index (κ1) is 10.9. The van der Waals surface area contributed by atoms with Crippen LogP contribution in [-0.4, -0.2) is 53.2 Å². The van der Waals surface area contributed by atoms with Crippen molar-refractivity contribution >= 4 is 5.97 Å².